The fraction of sp³-hybridized carbons (Fsp3) is 0.0833. The van der Waals surface area contributed by atoms with E-state index in [1.165, 1.54) is 0 Å². The molecule has 0 aliphatic carbocycles. The molecule has 0 saturated heterocycles. The Morgan fingerprint density at radius 2 is 1.67 bits per heavy atom. The molecular formula is C24H21N3O3. The zero-order valence-electron chi connectivity index (χ0n) is 16.5. The van der Waals surface area contributed by atoms with Crippen LogP contribution in [0.5, 0.6) is 11.5 Å². The Bertz CT molecular complexity index is 1120. The van der Waals surface area contributed by atoms with Crippen molar-refractivity contribution < 1.29 is 14.3 Å². The van der Waals surface area contributed by atoms with Crippen molar-refractivity contribution in [1.29, 1.82) is 0 Å². The predicted molar refractivity (Wildman–Crippen MR) is 115 cm³/mol. The van der Waals surface area contributed by atoms with Crippen LogP contribution in [-0.2, 0) is 6.61 Å². The maximum Gasteiger partial charge on any atom is 0.257 e. The highest BCUT2D eigenvalue weighted by Gasteiger charge is 2.13. The molecule has 6 nitrogen and oxygen atoms in total. The number of carbonyl (C=O) groups is 1. The minimum absolute atomic E-state index is 0.277. The Balaban J connectivity index is 1.44. The van der Waals surface area contributed by atoms with Gasteiger partial charge < -0.3 is 14.8 Å². The molecule has 0 radical (unpaired) electrons. The Morgan fingerprint density at radius 3 is 2.40 bits per heavy atom. The van der Waals surface area contributed by atoms with Crippen molar-refractivity contribution in [2.45, 2.75) is 6.61 Å². The van der Waals surface area contributed by atoms with E-state index in [9.17, 15) is 4.79 Å². The molecule has 0 bridgehead atoms. The third-order valence-electron chi connectivity index (χ3n) is 4.51. The van der Waals surface area contributed by atoms with Gasteiger partial charge in [0.05, 0.1) is 12.8 Å². The highest BCUT2D eigenvalue weighted by atomic mass is 16.5. The first-order chi connectivity index (χ1) is 14.7. The van der Waals surface area contributed by atoms with Gasteiger partial charge in [-0.15, -0.1) is 0 Å². The Hall–Kier alpha value is -4.06. The second-order valence-electron chi connectivity index (χ2n) is 6.58. The highest BCUT2D eigenvalue weighted by Crippen LogP contribution is 2.29. The summed E-state index contributed by atoms with van der Waals surface area (Å²) in [6.45, 7) is 0.416. The molecule has 6 heteroatoms. The normalized spacial score (nSPS) is 10.4. The van der Waals surface area contributed by atoms with E-state index in [0.29, 0.717) is 29.5 Å². The van der Waals surface area contributed by atoms with Gasteiger partial charge in [0, 0.05) is 17.8 Å². The molecule has 0 fully saturated rings. The smallest absolute Gasteiger partial charge is 0.257 e. The van der Waals surface area contributed by atoms with E-state index >= 15 is 0 Å². The van der Waals surface area contributed by atoms with Crippen LogP contribution in [-0.4, -0.2) is 22.8 Å². The van der Waals surface area contributed by atoms with Crippen molar-refractivity contribution in [2.75, 3.05) is 12.4 Å². The van der Waals surface area contributed by atoms with Crippen LogP contribution < -0.4 is 14.8 Å². The lowest BCUT2D eigenvalue weighted by Gasteiger charge is -2.12. The lowest BCUT2D eigenvalue weighted by Crippen LogP contribution is -2.13. The lowest BCUT2D eigenvalue weighted by atomic mass is 10.2. The average molecular weight is 399 g/mol. The van der Waals surface area contributed by atoms with Crippen molar-refractivity contribution in [1.82, 2.24) is 9.78 Å². The first-order valence-electron chi connectivity index (χ1n) is 9.50. The van der Waals surface area contributed by atoms with E-state index in [1.807, 2.05) is 60.7 Å². The number of hydrogen-bond acceptors (Lipinski definition) is 4. The van der Waals surface area contributed by atoms with Crippen molar-refractivity contribution in [3.63, 3.8) is 0 Å². The largest absolute Gasteiger partial charge is 0.493 e. The van der Waals surface area contributed by atoms with Crippen molar-refractivity contribution in [2.24, 2.45) is 0 Å². The molecule has 3 aromatic carbocycles. The number of anilines is 1. The summed E-state index contributed by atoms with van der Waals surface area (Å²) in [6.07, 6.45) is 1.80. The number of ether oxygens (including phenoxy) is 2. The molecular weight excluding hydrogens is 378 g/mol. The van der Waals surface area contributed by atoms with E-state index in [2.05, 4.69) is 10.4 Å². The number of hydrogen-bond donors (Lipinski definition) is 1. The quantitative estimate of drug-likeness (QED) is 0.489. The van der Waals surface area contributed by atoms with Crippen LogP contribution in [0.4, 0.5) is 5.82 Å². The van der Waals surface area contributed by atoms with E-state index in [0.717, 1.165) is 11.3 Å². The topological polar surface area (TPSA) is 65.4 Å². The molecule has 4 aromatic rings. The summed E-state index contributed by atoms with van der Waals surface area (Å²) >= 11 is 0. The molecule has 0 unspecified atom stereocenters. The number of methoxy groups -OCH3 is 1. The van der Waals surface area contributed by atoms with E-state index < -0.39 is 0 Å². The van der Waals surface area contributed by atoms with Crippen molar-refractivity contribution in [3.05, 3.63) is 102 Å². The second-order valence-corrected chi connectivity index (χ2v) is 6.58. The molecule has 150 valence electrons. The molecule has 0 spiro atoms. The fourth-order valence-corrected chi connectivity index (χ4v) is 2.97. The van der Waals surface area contributed by atoms with E-state index in [4.69, 9.17) is 9.47 Å². The maximum atomic E-state index is 12.7. The first kappa shape index (κ1) is 19.3. The number of aromatic nitrogens is 2. The number of rotatable bonds is 7. The van der Waals surface area contributed by atoms with Gasteiger partial charge in [-0.3, -0.25) is 4.79 Å². The van der Waals surface area contributed by atoms with Gasteiger partial charge in [0.15, 0.2) is 17.3 Å². The van der Waals surface area contributed by atoms with Gasteiger partial charge in [-0.1, -0.05) is 48.5 Å². The summed E-state index contributed by atoms with van der Waals surface area (Å²) in [5, 5.41) is 7.21. The molecule has 1 aromatic heterocycles. The van der Waals surface area contributed by atoms with E-state index in [1.54, 1.807) is 42.3 Å². The SMILES string of the molecule is COc1cc(C(=O)Nc2ccn(-c3ccccc3)n2)ccc1OCc1ccccc1. The lowest BCUT2D eigenvalue weighted by molar-refractivity contribution is 0.102. The summed E-state index contributed by atoms with van der Waals surface area (Å²) in [6, 6.07) is 26.4. The number of nitrogens with zero attached hydrogens (tertiary/aromatic N) is 2. The van der Waals surface area contributed by atoms with E-state index in [-0.39, 0.29) is 5.91 Å². The first-order valence-corrected chi connectivity index (χ1v) is 9.50. The zero-order valence-corrected chi connectivity index (χ0v) is 16.5. The third kappa shape index (κ3) is 4.50. The maximum absolute atomic E-state index is 12.7. The van der Waals surface area contributed by atoms with Gasteiger partial charge in [0.1, 0.15) is 6.61 Å². The molecule has 4 rings (SSSR count). The van der Waals surface area contributed by atoms with Crippen molar-refractivity contribution >= 4 is 11.7 Å². The third-order valence-corrected chi connectivity index (χ3v) is 4.51. The van der Waals surface area contributed by atoms with Gasteiger partial charge in [0.25, 0.3) is 5.91 Å². The van der Waals surface area contributed by atoms with Crippen LogP contribution in [0.3, 0.4) is 0 Å². The summed E-state index contributed by atoms with van der Waals surface area (Å²) in [5.74, 6) is 1.26. The monoisotopic (exact) mass is 399 g/mol. The van der Waals surface area contributed by atoms with Crippen LogP contribution in [0.25, 0.3) is 5.69 Å². The van der Waals surface area contributed by atoms with Crippen molar-refractivity contribution in [3.8, 4) is 17.2 Å². The predicted octanol–water partition coefficient (Wildman–Crippen LogP) is 4.71. The number of amides is 1. The molecule has 0 aliphatic heterocycles. The number of benzene rings is 3. The van der Waals surface area contributed by atoms with Crippen LogP contribution in [0, 0.1) is 0 Å². The van der Waals surface area contributed by atoms with Gasteiger partial charge in [0.2, 0.25) is 0 Å². The summed E-state index contributed by atoms with van der Waals surface area (Å²) < 4.78 is 13.0. The minimum Gasteiger partial charge on any atom is -0.493 e. The zero-order chi connectivity index (χ0) is 20.8. The summed E-state index contributed by atoms with van der Waals surface area (Å²) in [7, 11) is 1.55. The Labute approximate surface area is 174 Å². The Kier molecular flexibility index (Phi) is 5.75. The molecule has 1 heterocycles. The molecule has 0 atom stereocenters. The van der Waals surface area contributed by atoms with Gasteiger partial charge in [-0.05, 0) is 35.9 Å². The fourth-order valence-electron chi connectivity index (χ4n) is 2.97. The molecule has 1 amide bonds. The number of nitrogens with one attached hydrogen (secondary N) is 1. The minimum atomic E-state index is -0.277. The average Bonchev–Trinajstić information content (AvgIpc) is 3.27. The highest BCUT2D eigenvalue weighted by molar-refractivity contribution is 6.04. The molecule has 0 aliphatic rings. The van der Waals surface area contributed by atoms with Gasteiger partial charge >= 0.3 is 0 Å². The summed E-state index contributed by atoms with van der Waals surface area (Å²) in [5.41, 5.74) is 2.42. The van der Waals surface area contributed by atoms with Crippen LogP contribution in [0.2, 0.25) is 0 Å². The van der Waals surface area contributed by atoms with Crippen LogP contribution in [0.1, 0.15) is 15.9 Å². The van der Waals surface area contributed by atoms with Gasteiger partial charge in [-0.2, -0.15) is 5.10 Å². The van der Waals surface area contributed by atoms with Crippen LogP contribution >= 0.6 is 0 Å². The van der Waals surface area contributed by atoms with Gasteiger partial charge in [-0.25, -0.2) is 4.68 Å². The van der Waals surface area contributed by atoms with Crippen LogP contribution in [0.15, 0.2) is 91.1 Å². The summed E-state index contributed by atoms with van der Waals surface area (Å²) in [4.78, 5) is 12.7. The number of carbonyl (C=O) groups excluding carboxylic acids is 1. The molecule has 30 heavy (non-hydrogen) atoms. The number of para-hydroxylation sites is 1. The standard InChI is InChI=1S/C24H21N3O3/c1-29-22-16-19(12-13-21(22)30-17-18-8-4-2-5-9-18)24(28)25-23-14-15-27(26-23)20-10-6-3-7-11-20/h2-16H,17H2,1H3,(H,25,26,28). The molecule has 1 N–H and O–H groups in total. The molecule has 0 saturated carbocycles. The Morgan fingerprint density at radius 1 is 0.933 bits per heavy atom. The second kappa shape index (κ2) is 8.96.